The van der Waals surface area contributed by atoms with Crippen molar-refractivity contribution in [3.63, 3.8) is 0 Å². The lowest BCUT2D eigenvalue weighted by atomic mass is 10.1. The lowest BCUT2D eigenvalue weighted by molar-refractivity contribution is -0.120. The maximum absolute atomic E-state index is 11.4. The van der Waals surface area contributed by atoms with E-state index < -0.39 is 0 Å². The molecule has 2 rings (SSSR count). The van der Waals surface area contributed by atoms with Crippen LogP contribution >= 0.6 is 0 Å². The van der Waals surface area contributed by atoms with Crippen LogP contribution in [0.3, 0.4) is 0 Å². The number of amides is 1. The Balaban J connectivity index is 1.92. The zero-order chi connectivity index (χ0) is 10.7. The summed E-state index contributed by atoms with van der Waals surface area (Å²) in [5.74, 6) is 0.0715. The lowest BCUT2D eigenvalue weighted by Gasteiger charge is -2.02. The number of rotatable bonds is 3. The van der Waals surface area contributed by atoms with Crippen LogP contribution in [0.2, 0.25) is 0 Å². The molecule has 1 aromatic carbocycles. The Morgan fingerprint density at radius 2 is 2.07 bits per heavy atom. The molecule has 0 heterocycles. The third-order valence-electron chi connectivity index (χ3n) is 2.39. The molecule has 0 bridgehead atoms. The fraction of sp³-hybridized carbons (Fsp3) is 0.333. The Morgan fingerprint density at radius 3 is 2.60 bits per heavy atom. The Labute approximate surface area is 88.7 Å². The van der Waals surface area contributed by atoms with Crippen molar-refractivity contribution in [3.05, 3.63) is 35.4 Å². The second-order valence-corrected chi connectivity index (χ2v) is 3.83. The molecule has 0 unspecified atom stereocenters. The minimum absolute atomic E-state index is 0.0715. The molecule has 3 heteroatoms. The molecule has 3 nitrogen and oxygen atoms in total. The summed E-state index contributed by atoms with van der Waals surface area (Å²) in [5.41, 5.74) is 1.58. The summed E-state index contributed by atoms with van der Waals surface area (Å²) in [6.07, 6.45) is 2.63. The summed E-state index contributed by atoms with van der Waals surface area (Å²) in [4.78, 5) is 11.4. The first-order valence-corrected chi connectivity index (χ1v) is 5.06. The highest BCUT2D eigenvalue weighted by molar-refractivity contribution is 5.79. The molecule has 1 fully saturated rings. The van der Waals surface area contributed by atoms with Crippen LogP contribution < -0.4 is 5.32 Å². The molecule has 0 spiro atoms. The number of benzene rings is 1. The maximum Gasteiger partial charge on any atom is 0.224 e. The van der Waals surface area contributed by atoms with Crippen LogP contribution in [0.1, 0.15) is 24.0 Å². The largest absolute Gasteiger partial charge is 0.353 e. The van der Waals surface area contributed by atoms with Gasteiger partial charge in [-0.25, -0.2) is 0 Å². The number of hydrogen-bond acceptors (Lipinski definition) is 2. The summed E-state index contributed by atoms with van der Waals surface area (Å²) < 4.78 is 0. The number of nitrogens with zero attached hydrogens (tertiary/aromatic N) is 1. The fourth-order valence-corrected chi connectivity index (χ4v) is 1.39. The molecular formula is C12H12N2O. The van der Waals surface area contributed by atoms with Crippen molar-refractivity contribution in [2.75, 3.05) is 0 Å². The van der Waals surface area contributed by atoms with E-state index in [9.17, 15) is 4.79 Å². The Hall–Kier alpha value is -1.82. The first-order valence-electron chi connectivity index (χ1n) is 5.06. The SMILES string of the molecule is N#Cc1ccc(CC(=O)NC2CC2)cc1. The zero-order valence-electron chi connectivity index (χ0n) is 8.36. The molecule has 76 valence electrons. The molecule has 0 radical (unpaired) electrons. The molecule has 1 aliphatic carbocycles. The van der Waals surface area contributed by atoms with Gasteiger partial charge in [0, 0.05) is 6.04 Å². The molecule has 0 saturated heterocycles. The zero-order valence-corrected chi connectivity index (χ0v) is 8.36. The van der Waals surface area contributed by atoms with Gasteiger partial charge in [-0.3, -0.25) is 4.79 Å². The van der Waals surface area contributed by atoms with E-state index >= 15 is 0 Å². The molecule has 1 N–H and O–H groups in total. The van der Waals surface area contributed by atoms with Crippen LogP contribution in [0.4, 0.5) is 0 Å². The molecule has 1 saturated carbocycles. The van der Waals surface area contributed by atoms with Gasteiger partial charge in [0.1, 0.15) is 0 Å². The Bertz CT molecular complexity index is 399. The van der Waals surface area contributed by atoms with Crippen molar-refractivity contribution in [1.82, 2.24) is 5.32 Å². The summed E-state index contributed by atoms with van der Waals surface area (Å²) in [7, 11) is 0. The van der Waals surface area contributed by atoms with E-state index in [1.54, 1.807) is 12.1 Å². The summed E-state index contributed by atoms with van der Waals surface area (Å²) in [5, 5.41) is 11.5. The smallest absolute Gasteiger partial charge is 0.224 e. The third kappa shape index (κ3) is 2.81. The summed E-state index contributed by atoms with van der Waals surface area (Å²) >= 11 is 0. The van der Waals surface area contributed by atoms with Crippen molar-refractivity contribution in [1.29, 1.82) is 5.26 Å². The van der Waals surface area contributed by atoms with Crippen molar-refractivity contribution >= 4 is 5.91 Å². The number of carbonyl (C=O) groups is 1. The van der Waals surface area contributed by atoms with Crippen molar-refractivity contribution < 1.29 is 4.79 Å². The second-order valence-electron chi connectivity index (χ2n) is 3.83. The Kier molecular flexibility index (Phi) is 2.68. The van der Waals surface area contributed by atoms with E-state index in [1.165, 1.54) is 0 Å². The average Bonchev–Trinajstić information content (AvgIpc) is 3.03. The molecule has 0 aromatic heterocycles. The summed E-state index contributed by atoms with van der Waals surface area (Å²) in [6, 6.07) is 9.58. The van der Waals surface area contributed by atoms with Crippen molar-refractivity contribution in [3.8, 4) is 6.07 Å². The average molecular weight is 200 g/mol. The first-order chi connectivity index (χ1) is 7.28. The van der Waals surface area contributed by atoms with E-state index in [2.05, 4.69) is 5.32 Å². The predicted molar refractivity (Wildman–Crippen MR) is 56.0 cm³/mol. The van der Waals surface area contributed by atoms with Crippen molar-refractivity contribution in [2.24, 2.45) is 0 Å². The first kappa shape index (κ1) is 9.72. The predicted octanol–water partition coefficient (Wildman–Crippen LogP) is 1.38. The monoisotopic (exact) mass is 200 g/mol. The maximum atomic E-state index is 11.4. The minimum Gasteiger partial charge on any atom is -0.353 e. The van der Waals surface area contributed by atoms with Gasteiger partial charge in [-0.1, -0.05) is 12.1 Å². The van der Waals surface area contributed by atoms with Gasteiger partial charge < -0.3 is 5.32 Å². The van der Waals surface area contributed by atoms with Crippen LogP contribution in [0.25, 0.3) is 0 Å². The number of nitriles is 1. The van der Waals surface area contributed by atoms with E-state index in [1.807, 2.05) is 18.2 Å². The normalized spacial score (nSPS) is 14.3. The van der Waals surface area contributed by atoms with E-state index in [0.29, 0.717) is 18.0 Å². The fourth-order valence-electron chi connectivity index (χ4n) is 1.39. The molecular weight excluding hydrogens is 188 g/mol. The topological polar surface area (TPSA) is 52.9 Å². The number of nitrogens with one attached hydrogen (secondary N) is 1. The van der Waals surface area contributed by atoms with E-state index in [4.69, 9.17) is 5.26 Å². The quantitative estimate of drug-likeness (QED) is 0.801. The number of hydrogen-bond donors (Lipinski definition) is 1. The molecule has 0 aliphatic heterocycles. The van der Waals surface area contributed by atoms with Gasteiger partial charge in [0.2, 0.25) is 5.91 Å². The van der Waals surface area contributed by atoms with Gasteiger partial charge in [-0.05, 0) is 30.5 Å². The highest BCUT2D eigenvalue weighted by Crippen LogP contribution is 2.18. The molecule has 1 aliphatic rings. The second kappa shape index (κ2) is 4.14. The van der Waals surface area contributed by atoms with Crippen LogP contribution in [-0.4, -0.2) is 11.9 Å². The van der Waals surface area contributed by atoms with Crippen LogP contribution in [0.15, 0.2) is 24.3 Å². The van der Waals surface area contributed by atoms with Gasteiger partial charge in [-0.2, -0.15) is 5.26 Å². The lowest BCUT2D eigenvalue weighted by Crippen LogP contribution is -2.26. The standard InChI is InChI=1S/C12H12N2O/c13-8-10-3-1-9(2-4-10)7-12(15)14-11-5-6-11/h1-4,11H,5-7H2,(H,14,15). The third-order valence-corrected chi connectivity index (χ3v) is 2.39. The van der Waals surface area contributed by atoms with Gasteiger partial charge >= 0.3 is 0 Å². The van der Waals surface area contributed by atoms with E-state index in [0.717, 1.165) is 18.4 Å². The molecule has 15 heavy (non-hydrogen) atoms. The van der Waals surface area contributed by atoms with Crippen LogP contribution in [0, 0.1) is 11.3 Å². The van der Waals surface area contributed by atoms with Crippen LogP contribution in [-0.2, 0) is 11.2 Å². The molecule has 0 atom stereocenters. The highest BCUT2D eigenvalue weighted by atomic mass is 16.1. The van der Waals surface area contributed by atoms with Crippen molar-refractivity contribution in [2.45, 2.75) is 25.3 Å². The van der Waals surface area contributed by atoms with E-state index in [-0.39, 0.29) is 5.91 Å². The number of carbonyl (C=O) groups excluding carboxylic acids is 1. The van der Waals surface area contributed by atoms with Crippen LogP contribution in [0.5, 0.6) is 0 Å². The molecule has 1 amide bonds. The Morgan fingerprint density at radius 1 is 1.40 bits per heavy atom. The summed E-state index contributed by atoms with van der Waals surface area (Å²) in [6.45, 7) is 0. The van der Waals surface area contributed by atoms with Gasteiger partial charge in [0.15, 0.2) is 0 Å². The van der Waals surface area contributed by atoms with Gasteiger partial charge in [0.05, 0.1) is 18.1 Å². The minimum atomic E-state index is 0.0715. The van der Waals surface area contributed by atoms with Gasteiger partial charge in [-0.15, -0.1) is 0 Å². The van der Waals surface area contributed by atoms with Gasteiger partial charge in [0.25, 0.3) is 0 Å². The highest BCUT2D eigenvalue weighted by Gasteiger charge is 2.22. The molecule has 1 aromatic rings.